The summed E-state index contributed by atoms with van der Waals surface area (Å²) in [6.07, 6.45) is 0. The SMILES string of the molecule is COc1cccc(N2CCN(C(=S)NCCN3CCOCC3)CC2)c1. The topological polar surface area (TPSA) is 40.2 Å². The van der Waals surface area contributed by atoms with Crippen LogP contribution in [0.15, 0.2) is 24.3 Å². The molecule has 1 aromatic carbocycles. The Morgan fingerprint density at radius 2 is 1.92 bits per heavy atom. The molecule has 0 bridgehead atoms. The summed E-state index contributed by atoms with van der Waals surface area (Å²) in [7, 11) is 1.71. The number of hydrogen-bond donors (Lipinski definition) is 1. The molecular formula is C18H28N4O2S. The van der Waals surface area contributed by atoms with Gasteiger partial charge in [0.2, 0.25) is 0 Å². The Kier molecular flexibility index (Phi) is 6.72. The maximum atomic E-state index is 5.57. The van der Waals surface area contributed by atoms with E-state index in [0.717, 1.165) is 76.4 Å². The first-order valence-electron chi connectivity index (χ1n) is 8.98. The summed E-state index contributed by atoms with van der Waals surface area (Å²) in [5.41, 5.74) is 1.21. The maximum absolute atomic E-state index is 5.57. The zero-order chi connectivity index (χ0) is 17.5. The van der Waals surface area contributed by atoms with E-state index in [-0.39, 0.29) is 0 Å². The van der Waals surface area contributed by atoms with E-state index in [9.17, 15) is 0 Å². The molecule has 0 aromatic heterocycles. The molecule has 0 unspecified atom stereocenters. The molecule has 0 saturated carbocycles. The van der Waals surface area contributed by atoms with Crippen LogP contribution in [-0.4, -0.2) is 87.6 Å². The molecule has 2 aliphatic heterocycles. The molecule has 0 radical (unpaired) electrons. The minimum atomic E-state index is 0.844. The van der Waals surface area contributed by atoms with Gasteiger partial charge in [-0.05, 0) is 24.4 Å². The average Bonchev–Trinajstić information content (AvgIpc) is 2.69. The number of anilines is 1. The lowest BCUT2D eigenvalue weighted by Gasteiger charge is -2.37. The second-order valence-corrected chi connectivity index (χ2v) is 6.75. The van der Waals surface area contributed by atoms with Crippen molar-refractivity contribution in [2.24, 2.45) is 0 Å². The molecular weight excluding hydrogens is 336 g/mol. The smallest absolute Gasteiger partial charge is 0.169 e. The predicted molar refractivity (Wildman–Crippen MR) is 105 cm³/mol. The number of benzene rings is 1. The fraction of sp³-hybridized carbons (Fsp3) is 0.611. The van der Waals surface area contributed by atoms with E-state index in [0.29, 0.717) is 0 Å². The van der Waals surface area contributed by atoms with Crippen molar-refractivity contribution >= 4 is 23.0 Å². The van der Waals surface area contributed by atoms with Gasteiger partial charge < -0.3 is 24.6 Å². The van der Waals surface area contributed by atoms with E-state index < -0.39 is 0 Å². The summed E-state index contributed by atoms with van der Waals surface area (Å²) in [6, 6.07) is 8.25. The standard InChI is InChI=1S/C18H28N4O2S/c1-23-17-4-2-3-16(15-17)21-7-9-22(10-8-21)18(25)19-5-6-20-11-13-24-14-12-20/h2-4,15H,5-14H2,1H3,(H,19,25). The summed E-state index contributed by atoms with van der Waals surface area (Å²) < 4.78 is 10.7. The highest BCUT2D eigenvalue weighted by atomic mass is 32.1. The fourth-order valence-corrected chi connectivity index (χ4v) is 3.52. The molecule has 0 amide bonds. The van der Waals surface area contributed by atoms with Crippen LogP contribution in [0.5, 0.6) is 5.75 Å². The number of morpholine rings is 1. The first kappa shape index (κ1) is 18.2. The Morgan fingerprint density at radius 1 is 1.16 bits per heavy atom. The van der Waals surface area contributed by atoms with Crippen molar-refractivity contribution in [1.29, 1.82) is 0 Å². The second kappa shape index (κ2) is 9.22. The number of nitrogens with zero attached hydrogens (tertiary/aromatic N) is 3. The van der Waals surface area contributed by atoms with Gasteiger partial charge in [-0.2, -0.15) is 0 Å². The highest BCUT2D eigenvalue weighted by Crippen LogP contribution is 2.22. The van der Waals surface area contributed by atoms with Crippen molar-refractivity contribution in [3.05, 3.63) is 24.3 Å². The van der Waals surface area contributed by atoms with Crippen LogP contribution in [0.25, 0.3) is 0 Å². The highest BCUT2D eigenvalue weighted by Gasteiger charge is 2.19. The minimum absolute atomic E-state index is 0.844. The Labute approximate surface area is 155 Å². The molecule has 1 aromatic rings. The van der Waals surface area contributed by atoms with E-state index in [1.165, 1.54) is 5.69 Å². The van der Waals surface area contributed by atoms with Crippen molar-refractivity contribution in [3.8, 4) is 5.75 Å². The van der Waals surface area contributed by atoms with Gasteiger partial charge >= 0.3 is 0 Å². The Hall–Kier alpha value is -1.57. The number of ether oxygens (including phenoxy) is 2. The van der Waals surface area contributed by atoms with Gasteiger partial charge in [0.25, 0.3) is 0 Å². The van der Waals surface area contributed by atoms with Crippen LogP contribution >= 0.6 is 12.2 Å². The van der Waals surface area contributed by atoms with Crippen LogP contribution in [0.4, 0.5) is 5.69 Å². The van der Waals surface area contributed by atoms with Gasteiger partial charge in [0.15, 0.2) is 5.11 Å². The molecule has 1 N–H and O–H groups in total. The average molecular weight is 365 g/mol. The summed E-state index contributed by atoms with van der Waals surface area (Å²) in [5.74, 6) is 0.903. The zero-order valence-electron chi connectivity index (χ0n) is 14.9. The van der Waals surface area contributed by atoms with E-state index in [1.807, 2.05) is 12.1 Å². The third-order valence-corrected chi connectivity index (χ3v) is 5.20. The van der Waals surface area contributed by atoms with Gasteiger partial charge in [0, 0.05) is 64.1 Å². The second-order valence-electron chi connectivity index (χ2n) is 6.36. The first-order valence-corrected chi connectivity index (χ1v) is 9.39. The predicted octanol–water partition coefficient (Wildman–Crippen LogP) is 1.02. The summed E-state index contributed by atoms with van der Waals surface area (Å²) >= 11 is 5.57. The number of nitrogens with one attached hydrogen (secondary N) is 1. The van der Waals surface area contributed by atoms with Crippen molar-refractivity contribution in [1.82, 2.24) is 15.1 Å². The third kappa shape index (κ3) is 5.20. The fourth-order valence-electron chi connectivity index (χ4n) is 3.23. The van der Waals surface area contributed by atoms with Crippen LogP contribution in [0.3, 0.4) is 0 Å². The van der Waals surface area contributed by atoms with Crippen molar-refractivity contribution < 1.29 is 9.47 Å². The van der Waals surface area contributed by atoms with E-state index in [1.54, 1.807) is 7.11 Å². The normalized spacial score (nSPS) is 18.9. The van der Waals surface area contributed by atoms with Crippen LogP contribution in [-0.2, 0) is 4.74 Å². The van der Waals surface area contributed by atoms with E-state index in [4.69, 9.17) is 21.7 Å². The maximum Gasteiger partial charge on any atom is 0.169 e. The van der Waals surface area contributed by atoms with Gasteiger partial charge in [-0.15, -0.1) is 0 Å². The first-order chi connectivity index (χ1) is 12.3. The highest BCUT2D eigenvalue weighted by molar-refractivity contribution is 7.80. The molecule has 3 rings (SSSR count). The molecule has 2 fully saturated rings. The lowest BCUT2D eigenvalue weighted by Crippen LogP contribution is -2.52. The molecule has 138 valence electrons. The third-order valence-electron chi connectivity index (χ3n) is 4.79. The van der Waals surface area contributed by atoms with Gasteiger partial charge in [0.1, 0.15) is 5.75 Å². The molecule has 6 nitrogen and oxygen atoms in total. The summed E-state index contributed by atoms with van der Waals surface area (Å²) in [5, 5.41) is 4.28. The van der Waals surface area contributed by atoms with Crippen LogP contribution < -0.4 is 15.0 Å². The molecule has 0 atom stereocenters. The van der Waals surface area contributed by atoms with E-state index >= 15 is 0 Å². The van der Waals surface area contributed by atoms with Gasteiger partial charge in [-0.3, -0.25) is 4.90 Å². The lowest BCUT2D eigenvalue weighted by molar-refractivity contribution is 0.0388. The molecule has 0 aliphatic carbocycles. The zero-order valence-corrected chi connectivity index (χ0v) is 15.8. The van der Waals surface area contributed by atoms with Crippen molar-refractivity contribution in [3.63, 3.8) is 0 Å². The molecule has 7 heteroatoms. The lowest BCUT2D eigenvalue weighted by atomic mass is 10.2. The molecule has 2 heterocycles. The van der Waals surface area contributed by atoms with Gasteiger partial charge in [-0.25, -0.2) is 0 Å². The molecule has 2 saturated heterocycles. The number of rotatable bonds is 5. The van der Waals surface area contributed by atoms with Gasteiger partial charge in [0.05, 0.1) is 20.3 Å². The Morgan fingerprint density at radius 3 is 2.64 bits per heavy atom. The minimum Gasteiger partial charge on any atom is -0.497 e. The number of thiocarbonyl (C=S) groups is 1. The summed E-state index contributed by atoms with van der Waals surface area (Å²) in [6.45, 7) is 9.48. The quantitative estimate of drug-likeness (QED) is 0.783. The van der Waals surface area contributed by atoms with Crippen molar-refractivity contribution in [2.45, 2.75) is 0 Å². The number of piperazine rings is 1. The largest absolute Gasteiger partial charge is 0.497 e. The molecule has 25 heavy (non-hydrogen) atoms. The van der Waals surface area contributed by atoms with Crippen LogP contribution in [0.2, 0.25) is 0 Å². The number of hydrogen-bond acceptors (Lipinski definition) is 5. The monoisotopic (exact) mass is 364 g/mol. The Balaban J connectivity index is 1.39. The molecule has 2 aliphatic rings. The van der Waals surface area contributed by atoms with Crippen LogP contribution in [0, 0.1) is 0 Å². The van der Waals surface area contributed by atoms with Crippen LogP contribution in [0.1, 0.15) is 0 Å². The summed E-state index contributed by atoms with van der Waals surface area (Å²) in [4.78, 5) is 7.07. The number of methoxy groups -OCH3 is 1. The van der Waals surface area contributed by atoms with Crippen molar-refractivity contribution in [2.75, 3.05) is 77.6 Å². The van der Waals surface area contributed by atoms with E-state index in [2.05, 4.69) is 32.1 Å². The van der Waals surface area contributed by atoms with Gasteiger partial charge in [-0.1, -0.05) is 6.07 Å². The Bertz CT molecular complexity index is 558. The molecule has 0 spiro atoms.